The van der Waals surface area contributed by atoms with Crippen molar-refractivity contribution in [1.29, 1.82) is 0 Å². The molecule has 0 saturated carbocycles. The summed E-state index contributed by atoms with van der Waals surface area (Å²) in [6.07, 6.45) is -0.476. The van der Waals surface area contributed by atoms with Crippen molar-refractivity contribution >= 4 is 29.0 Å². The summed E-state index contributed by atoms with van der Waals surface area (Å²) >= 11 is 5.85. The highest BCUT2D eigenvalue weighted by atomic mass is 35.5. The first-order valence-electron chi connectivity index (χ1n) is 9.03. The van der Waals surface area contributed by atoms with E-state index in [4.69, 9.17) is 16.3 Å². The fraction of sp³-hybridized carbons (Fsp3) is 0.350. The Balaban J connectivity index is 1.48. The van der Waals surface area contributed by atoms with E-state index in [-0.39, 0.29) is 6.03 Å². The summed E-state index contributed by atoms with van der Waals surface area (Å²) in [4.78, 5) is 16.8. The third-order valence-corrected chi connectivity index (χ3v) is 4.71. The van der Waals surface area contributed by atoms with E-state index in [0.29, 0.717) is 10.8 Å². The number of anilines is 2. The largest absolute Gasteiger partial charge is 0.471 e. The number of nitrogens with one attached hydrogen (secondary N) is 2. The van der Waals surface area contributed by atoms with Gasteiger partial charge in [0.05, 0.1) is 0 Å². The summed E-state index contributed by atoms with van der Waals surface area (Å²) < 4.78 is 5.64. The molecule has 6 nitrogen and oxygen atoms in total. The quantitative estimate of drug-likeness (QED) is 0.768. The molecule has 1 atom stereocenters. The number of rotatable bonds is 5. The minimum absolute atomic E-state index is 0.316. The molecule has 1 heterocycles. The van der Waals surface area contributed by atoms with Gasteiger partial charge in [-0.25, -0.2) is 4.79 Å². The summed E-state index contributed by atoms with van der Waals surface area (Å²) in [7, 11) is 2.14. The number of nitrogens with zero attached hydrogens (tertiary/aromatic N) is 2. The van der Waals surface area contributed by atoms with Gasteiger partial charge in [0.25, 0.3) is 0 Å². The van der Waals surface area contributed by atoms with Crippen LogP contribution in [0.3, 0.4) is 0 Å². The molecule has 0 aromatic heterocycles. The number of benzene rings is 2. The molecule has 1 unspecified atom stereocenters. The first-order chi connectivity index (χ1) is 13.0. The molecular weight excluding hydrogens is 364 g/mol. The molecule has 2 N–H and O–H groups in total. The summed E-state index contributed by atoms with van der Waals surface area (Å²) in [5, 5.41) is 6.22. The highest BCUT2D eigenvalue weighted by Crippen LogP contribution is 2.19. The van der Waals surface area contributed by atoms with Gasteiger partial charge >= 0.3 is 6.03 Å². The molecule has 0 spiro atoms. The lowest BCUT2D eigenvalue weighted by Crippen LogP contribution is -2.44. The van der Waals surface area contributed by atoms with Crippen molar-refractivity contribution in [3.63, 3.8) is 0 Å². The van der Waals surface area contributed by atoms with Crippen molar-refractivity contribution in [3.8, 4) is 5.75 Å². The number of carbonyl (C=O) groups is 1. The lowest BCUT2D eigenvalue weighted by atomic mass is 10.2. The molecule has 1 aliphatic rings. The monoisotopic (exact) mass is 388 g/mol. The van der Waals surface area contributed by atoms with Crippen molar-refractivity contribution in [2.24, 2.45) is 0 Å². The van der Waals surface area contributed by atoms with Gasteiger partial charge in [0.2, 0.25) is 0 Å². The molecule has 0 bridgehead atoms. The second-order valence-electron chi connectivity index (χ2n) is 6.65. The number of ether oxygens (including phenoxy) is 1. The van der Waals surface area contributed by atoms with E-state index in [1.807, 2.05) is 24.3 Å². The summed E-state index contributed by atoms with van der Waals surface area (Å²) in [6, 6.07) is 14.6. The molecular formula is C20H25ClN4O2. The highest BCUT2D eigenvalue weighted by molar-refractivity contribution is 6.30. The maximum absolute atomic E-state index is 12.2. The number of halogens is 1. The third-order valence-electron chi connectivity index (χ3n) is 4.45. The molecule has 0 aliphatic carbocycles. The minimum atomic E-state index is -0.476. The standard InChI is InChI=1S/C20H25ClN4O2/c1-15(27-19-9-3-16(21)4-10-19)22-20(26)23-17-5-7-18(8-6-17)25-13-11-24(2)12-14-25/h3-10,15H,11-14H2,1-2H3,(H2,22,23,26). The molecule has 7 heteroatoms. The number of hydrogen-bond acceptors (Lipinski definition) is 4. The van der Waals surface area contributed by atoms with Gasteiger partial charge in [-0.3, -0.25) is 0 Å². The van der Waals surface area contributed by atoms with Crippen LogP contribution in [0, 0.1) is 0 Å². The van der Waals surface area contributed by atoms with Gasteiger partial charge < -0.3 is 25.2 Å². The lowest BCUT2D eigenvalue weighted by Gasteiger charge is -2.34. The van der Waals surface area contributed by atoms with Gasteiger partial charge in [0.1, 0.15) is 5.75 Å². The van der Waals surface area contributed by atoms with E-state index in [0.717, 1.165) is 31.9 Å². The van der Waals surface area contributed by atoms with Crippen LogP contribution < -0.4 is 20.3 Å². The Labute approximate surface area is 165 Å². The first kappa shape index (κ1) is 19.3. The van der Waals surface area contributed by atoms with Crippen molar-refractivity contribution in [2.45, 2.75) is 13.2 Å². The molecule has 2 aromatic rings. The zero-order valence-electron chi connectivity index (χ0n) is 15.6. The second-order valence-corrected chi connectivity index (χ2v) is 7.09. The predicted octanol–water partition coefficient (Wildman–Crippen LogP) is 3.64. The van der Waals surface area contributed by atoms with Crippen LogP contribution in [0.4, 0.5) is 16.2 Å². The Bertz CT molecular complexity index is 744. The van der Waals surface area contributed by atoms with Gasteiger partial charge in [0.15, 0.2) is 6.23 Å². The molecule has 1 aliphatic heterocycles. The van der Waals surface area contributed by atoms with E-state index < -0.39 is 6.23 Å². The third kappa shape index (κ3) is 5.77. The Morgan fingerprint density at radius 2 is 1.67 bits per heavy atom. The van der Waals surface area contributed by atoms with Crippen molar-refractivity contribution in [1.82, 2.24) is 10.2 Å². The van der Waals surface area contributed by atoms with E-state index in [1.165, 1.54) is 5.69 Å². The molecule has 27 heavy (non-hydrogen) atoms. The molecule has 1 saturated heterocycles. The molecule has 0 radical (unpaired) electrons. The van der Waals surface area contributed by atoms with Crippen LogP contribution >= 0.6 is 11.6 Å². The lowest BCUT2D eigenvalue weighted by molar-refractivity contribution is 0.183. The molecule has 144 valence electrons. The smallest absolute Gasteiger partial charge is 0.322 e. The average Bonchev–Trinajstić information content (AvgIpc) is 2.65. The first-order valence-corrected chi connectivity index (χ1v) is 9.41. The van der Waals surface area contributed by atoms with Crippen LogP contribution in [-0.2, 0) is 0 Å². The van der Waals surface area contributed by atoms with E-state index in [2.05, 4.69) is 27.5 Å². The van der Waals surface area contributed by atoms with Crippen LogP contribution in [0.25, 0.3) is 0 Å². The zero-order chi connectivity index (χ0) is 19.2. The number of urea groups is 1. The van der Waals surface area contributed by atoms with Crippen LogP contribution in [0.15, 0.2) is 48.5 Å². The topological polar surface area (TPSA) is 56.8 Å². The van der Waals surface area contributed by atoms with Crippen molar-refractivity contribution in [3.05, 3.63) is 53.6 Å². The number of carbonyl (C=O) groups excluding carboxylic acids is 1. The Morgan fingerprint density at radius 1 is 1.04 bits per heavy atom. The Morgan fingerprint density at radius 3 is 2.30 bits per heavy atom. The number of likely N-dealkylation sites (N-methyl/N-ethyl adjacent to an activating group) is 1. The molecule has 2 aromatic carbocycles. The number of amides is 2. The summed E-state index contributed by atoms with van der Waals surface area (Å²) in [5.41, 5.74) is 1.91. The average molecular weight is 389 g/mol. The van der Waals surface area contributed by atoms with Crippen LogP contribution in [0.1, 0.15) is 6.92 Å². The molecule has 3 rings (SSSR count). The highest BCUT2D eigenvalue weighted by Gasteiger charge is 2.14. The predicted molar refractivity (Wildman–Crippen MR) is 110 cm³/mol. The second kappa shape index (κ2) is 8.97. The number of hydrogen-bond donors (Lipinski definition) is 2. The summed E-state index contributed by atoms with van der Waals surface area (Å²) in [6.45, 7) is 5.93. The fourth-order valence-corrected chi connectivity index (χ4v) is 3.04. The number of piperazine rings is 1. The summed E-state index contributed by atoms with van der Waals surface area (Å²) in [5.74, 6) is 0.642. The Hall–Kier alpha value is -2.44. The maximum atomic E-state index is 12.2. The van der Waals surface area contributed by atoms with Gasteiger partial charge in [0, 0.05) is 42.6 Å². The van der Waals surface area contributed by atoms with E-state index >= 15 is 0 Å². The normalized spacial score (nSPS) is 15.9. The minimum Gasteiger partial charge on any atom is -0.471 e. The SMILES string of the molecule is CC(NC(=O)Nc1ccc(N2CCN(C)CC2)cc1)Oc1ccc(Cl)cc1. The van der Waals surface area contributed by atoms with Crippen molar-refractivity contribution < 1.29 is 9.53 Å². The fourth-order valence-electron chi connectivity index (χ4n) is 2.92. The maximum Gasteiger partial charge on any atom is 0.322 e. The molecule has 1 fully saturated rings. The van der Waals surface area contributed by atoms with E-state index in [9.17, 15) is 4.79 Å². The van der Waals surface area contributed by atoms with E-state index in [1.54, 1.807) is 31.2 Å². The van der Waals surface area contributed by atoms with Crippen LogP contribution in [0.5, 0.6) is 5.75 Å². The van der Waals surface area contributed by atoms with Crippen LogP contribution in [0.2, 0.25) is 5.02 Å². The Kier molecular flexibility index (Phi) is 6.42. The van der Waals surface area contributed by atoms with Gasteiger partial charge in [-0.15, -0.1) is 0 Å². The zero-order valence-corrected chi connectivity index (χ0v) is 16.4. The van der Waals surface area contributed by atoms with Gasteiger partial charge in [-0.1, -0.05) is 11.6 Å². The molecule has 2 amide bonds. The van der Waals surface area contributed by atoms with Gasteiger partial charge in [-0.2, -0.15) is 0 Å². The van der Waals surface area contributed by atoms with Crippen LogP contribution in [-0.4, -0.2) is 50.4 Å². The van der Waals surface area contributed by atoms with Gasteiger partial charge in [-0.05, 0) is 62.5 Å². The van der Waals surface area contributed by atoms with Crippen molar-refractivity contribution in [2.75, 3.05) is 43.4 Å².